The van der Waals surface area contributed by atoms with E-state index < -0.39 is 0 Å². The minimum absolute atomic E-state index is 0.148. The van der Waals surface area contributed by atoms with Crippen molar-refractivity contribution in [2.75, 3.05) is 33.3 Å². The molecule has 0 spiro atoms. The van der Waals surface area contributed by atoms with E-state index in [0.717, 1.165) is 56.0 Å². The van der Waals surface area contributed by atoms with E-state index in [1.165, 1.54) is 5.56 Å². The van der Waals surface area contributed by atoms with E-state index in [0.29, 0.717) is 0 Å². The number of carbonyl (C=O) groups is 1. The molecular formula is C21H26N2O2. The molecule has 1 amide bonds. The van der Waals surface area contributed by atoms with Crippen molar-refractivity contribution in [1.29, 1.82) is 0 Å². The monoisotopic (exact) mass is 338 g/mol. The second-order valence-corrected chi connectivity index (χ2v) is 6.64. The lowest BCUT2D eigenvalue weighted by atomic mass is 10.1. The van der Waals surface area contributed by atoms with Crippen LogP contribution in [0.4, 0.5) is 0 Å². The molecule has 0 N–H and O–H groups in total. The van der Waals surface area contributed by atoms with Gasteiger partial charge in [0.2, 0.25) is 0 Å². The van der Waals surface area contributed by atoms with Gasteiger partial charge in [-0.15, -0.1) is 0 Å². The fraction of sp³-hybridized carbons (Fsp3) is 0.381. The third kappa shape index (κ3) is 4.60. The first kappa shape index (κ1) is 17.5. The second kappa shape index (κ2) is 8.17. The molecule has 0 aliphatic carbocycles. The van der Waals surface area contributed by atoms with Gasteiger partial charge in [0.1, 0.15) is 5.75 Å². The zero-order chi connectivity index (χ0) is 17.6. The number of aryl methyl sites for hydroxylation is 1. The molecule has 2 aromatic carbocycles. The van der Waals surface area contributed by atoms with Gasteiger partial charge in [-0.1, -0.05) is 29.8 Å². The summed E-state index contributed by atoms with van der Waals surface area (Å²) in [5.41, 5.74) is 3.20. The molecule has 0 bridgehead atoms. The lowest BCUT2D eigenvalue weighted by Gasteiger charge is -2.22. The van der Waals surface area contributed by atoms with Gasteiger partial charge in [-0.2, -0.15) is 0 Å². The van der Waals surface area contributed by atoms with E-state index in [4.69, 9.17) is 4.74 Å². The maximum Gasteiger partial charge on any atom is 0.253 e. The number of ether oxygens (including phenoxy) is 1. The van der Waals surface area contributed by atoms with Crippen LogP contribution < -0.4 is 4.74 Å². The Hall–Kier alpha value is -2.33. The molecule has 0 saturated carbocycles. The first-order chi connectivity index (χ1) is 12.2. The van der Waals surface area contributed by atoms with E-state index in [9.17, 15) is 4.79 Å². The molecule has 1 saturated heterocycles. The fourth-order valence-corrected chi connectivity index (χ4v) is 3.28. The summed E-state index contributed by atoms with van der Waals surface area (Å²) in [5.74, 6) is 1.03. The first-order valence-electron chi connectivity index (χ1n) is 8.87. The van der Waals surface area contributed by atoms with Crippen LogP contribution in [0.15, 0.2) is 48.5 Å². The zero-order valence-corrected chi connectivity index (χ0v) is 15.1. The average molecular weight is 338 g/mol. The molecule has 3 rings (SSSR count). The third-order valence-electron chi connectivity index (χ3n) is 4.71. The molecule has 1 aliphatic heterocycles. The van der Waals surface area contributed by atoms with E-state index in [-0.39, 0.29) is 5.91 Å². The smallest absolute Gasteiger partial charge is 0.253 e. The highest BCUT2D eigenvalue weighted by molar-refractivity contribution is 5.94. The first-order valence-corrected chi connectivity index (χ1v) is 8.87. The molecule has 1 aliphatic rings. The Kier molecular flexibility index (Phi) is 5.71. The lowest BCUT2D eigenvalue weighted by molar-refractivity contribution is 0.0761. The number of rotatable bonds is 4. The van der Waals surface area contributed by atoms with Gasteiger partial charge in [-0.05, 0) is 43.2 Å². The molecule has 25 heavy (non-hydrogen) atoms. The molecule has 1 heterocycles. The van der Waals surface area contributed by atoms with Crippen LogP contribution in [0, 0.1) is 6.92 Å². The summed E-state index contributed by atoms with van der Waals surface area (Å²) < 4.78 is 5.21. The number of nitrogens with zero attached hydrogens (tertiary/aromatic N) is 2. The standard InChI is InChI=1S/C21H26N2O2/c1-17-5-3-6-19(15-17)21(24)23-12-4-11-22(13-14-23)16-18-7-9-20(25-2)10-8-18/h3,5-10,15H,4,11-14,16H2,1-2H3. The van der Waals surface area contributed by atoms with Gasteiger partial charge in [0.15, 0.2) is 0 Å². The quantitative estimate of drug-likeness (QED) is 0.857. The molecule has 2 aromatic rings. The van der Waals surface area contributed by atoms with Gasteiger partial charge in [-0.25, -0.2) is 0 Å². The van der Waals surface area contributed by atoms with Crippen LogP contribution in [-0.4, -0.2) is 49.0 Å². The predicted octanol–water partition coefficient (Wildman–Crippen LogP) is 3.35. The number of carbonyl (C=O) groups excluding carboxylic acids is 1. The Morgan fingerprint density at radius 1 is 1.04 bits per heavy atom. The topological polar surface area (TPSA) is 32.8 Å². The molecular weight excluding hydrogens is 312 g/mol. The van der Waals surface area contributed by atoms with E-state index in [2.05, 4.69) is 17.0 Å². The zero-order valence-electron chi connectivity index (χ0n) is 15.1. The minimum atomic E-state index is 0.148. The summed E-state index contributed by atoms with van der Waals surface area (Å²) >= 11 is 0. The Bertz CT molecular complexity index is 712. The van der Waals surface area contributed by atoms with Crippen molar-refractivity contribution in [3.05, 3.63) is 65.2 Å². The maximum absolute atomic E-state index is 12.7. The molecule has 1 fully saturated rings. The second-order valence-electron chi connectivity index (χ2n) is 6.64. The van der Waals surface area contributed by atoms with Crippen molar-refractivity contribution in [2.45, 2.75) is 19.9 Å². The highest BCUT2D eigenvalue weighted by Crippen LogP contribution is 2.15. The summed E-state index contributed by atoms with van der Waals surface area (Å²) in [7, 11) is 1.68. The normalized spacial score (nSPS) is 15.7. The van der Waals surface area contributed by atoms with Crippen molar-refractivity contribution in [1.82, 2.24) is 9.80 Å². The van der Waals surface area contributed by atoms with E-state index in [1.54, 1.807) is 7.11 Å². The summed E-state index contributed by atoms with van der Waals surface area (Å²) in [6.45, 7) is 6.47. The lowest BCUT2D eigenvalue weighted by Crippen LogP contribution is -2.35. The van der Waals surface area contributed by atoms with Gasteiger partial charge in [0, 0.05) is 38.3 Å². The molecule has 132 valence electrons. The van der Waals surface area contributed by atoms with Gasteiger partial charge < -0.3 is 9.64 Å². The molecule has 0 radical (unpaired) electrons. The molecule has 0 aromatic heterocycles. The summed E-state index contributed by atoms with van der Waals surface area (Å²) in [4.78, 5) is 17.1. The Morgan fingerprint density at radius 2 is 1.84 bits per heavy atom. The van der Waals surface area contributed by atoms with Crippen LogP contribution in [0.3, 0.4) is 0 Å². The highest BCUT2D eigenvalue weighted by Gasteiger charge is 2.20. The van der Waals surface area contributed by atoms with Crippen molar-refractivity contribution >= 4 is 5.91 Å². The maximum atomic E-state index is 12.7. The van der Waals surface area contributed by atoms with E-state index >= 15 is 0 Å². The summed E-state index contributed by atoms with van der Waals surface area (Å²) in [6.07, 6.45) is 1.01. The Morgan fingerprint density at radius 3 is 2.56 bits per heavy atom. The third-order valence-corrected chi connectivity index (χ3v) is 4.71. The summed E-state index contributed by atoms with van der Waals surface area (Å²) in [6, 6.07) is 16.1. The largest absolute Gasteiger partial charge is 0.497 e. The number of hydrogen-bond acceptors (Lipinski definition) is 3. The van der Waals surface area contributed by atoms with Crippen molar-refractivity contribution in [3.8, 4) is 5.75 Å². The number of amides is 1. The molecule has 0 atom stereocenters. The SMILES string of the molecule is COc1ccc(CN2CCCN(C(=O)c3cccc(C)c3)CC2)cc1. The van der Waals surface area contributed by atoms with Crippen molar-refractivity contribution < 1.29 is 9.53 Å². The molecule has 0 unspecified atom stereocenters. The van der Waals surface area contributed by atoms with Crippen LogP contribution in [0.5, 0.6) is 5.75 Å². The van der Waals surface area contributed by atoms with Crippen molar-refractivity contribution in [3.63, 3.8) is 0 Å². The molecule has 4 nitrogen and oxygen atoms in total. The average Bonchev–Trinajstić information content (AvgIpc) is 2.87. The van der Waals surface area contributed by atoms with Crippen LogP contribution in [-0.2, 0) is 6.54 Å². The predicted molar refractivity (Wildman–Crippen MR) is 100.0 cm³/mol. The van der Waals surface area contributed by atoms with Crippen LogP contribution in [0.25, 0.3) is 0 Å². The fourth-order valence-electron chi connectivity index (χ4n) is 3.28. The van der Waals surface area contributed by atoms with Crippen molar-refractivity contribution in [2.24, 2.45) is 0 Å². The van der Waals surface area contributed by atoms with Crippen LogP contribution in [0.2, 0.25) is 0 Å². The summed E-state index contributed by atoms with van der Waals surface area (Å²) in [5, 5.41) is 0. The Labute approximate surface area is 150 Å². The van der Waals surface area contributed by atoms with Gasteiger partial charge in [0.05, 0.1) is 7.11 Å². The number of benzene rings is 2. The van der Waals surface area contributed by atoms with Gasteiger partial charge in [0.25, 0.3) is 5.91 Å². The van der Waals surface area contributed by atoms with Crippen LogP contribution in [0.1, 0.15) is 27.9 Å². The van der Waals surface area contributed by atoms with Crippen LogP contribution >= 0.6 is 0 Å². The minimum Gasteiger partial charge on any atom is -0.497 e. The Balaban J connectivity index is 1.59. The number of methoxy groups -OCH3 is 1. The number of hydrogen-bond donors (Lipinski definition) is 0. The highest BCUT2D eigenvalue weighted by atomic mass is 16.5. The van der Waals surface area contributed by atoms with Gasteiger partial charge >= 0.3 is 0 Å². The van der Waals surface area contributed by atoms with E-state index in [1.807, 2.05) is 48.2 Å². The van der Waals surface area contributed by atoms with Gasteiger partial charge in [-0.3, -0.25) is 9.69 Å². The molecule has 4 heteroatoms.